The lowest BCUT2D eigenvalue weighted by molar-refractivity contribution is 0.0942. The number of aromatic nitrogens is 3. The average molecular weight is 292 g/mol. The predicted octanol–water partition coefficient (Wildman–Crippen LogP) is 1.53. The number of fused-ring (bicyclic) bond motifs is 1. The zero-order chi connectivity index (χ0) is 14.1. The van der Waals surface area contributed by atoms with Gasteiger partial charge in [0, 0.05) is 4.88 Å². The highest BCUT2D eigenvalue weighted by Crippen LogP contribution is 2.29. The highest BCUT2D eigenvalue weighted by molar-refractivity contribution is 7.14. The van der Waals surface area contributed by atoms with Crippen molar-refractivity contribution in [2.24, 2.45) is 0 Å². The van der Waals surface area contributed by atoms with Gasteiger partial charge in [0.25, 0.3) is 5.91 Å². The molecule has 2 heterocycles. The first kappa shape index (κ1) is 13.1. The van der Waals surface area contributed by atoms with Gasteiger partial charge in [0.2, 0.25) is 0 Å². The van der Waals surface area contributed by atoms with Crippen LogP contribution in [0.5, 0.6) is 0 Å². The molecule has 0 aromatic carbocycles. The standard InChI is InChI=1S/C13H16N4O2S/c1-7(11-15-13(19)17-16-11)14-12(18)10-6-8-4-2-3-5-9(8)20-10/h6-7H,2-5H2,1H3,(H,14,18)(H2,15,16,17,19)/t7-/m1/s1. The normalized spacial score (nSPS) is 15.7. The van der Waals surface area contributed by atoms with Gasteiger partial charge in [0.15, 0.2) is 5.82 Å². The molecular formula is C13H16N4O2S. The van der Waals surface area contributed by atoms with E-state index in [4.69, 9.17) is 0 Å². The predicted molar refractivity (Wildman–Crippen MR) is 76.1 cm³/mol. The molecule has 106 valence electrons. The first-order valence-corrected chi connectivity index (χ1v) is 7.52. The van der Waals surface area contributed by atoms with Crippen molar-refractivity contribution < 1.29 is 4.79 Å². The van der Waals surface area contributed by atoms with Crippen LogP contribution in [0.25, 0.3) is 0 Å². The molecule has 6 nitrogen and oxygen atoms in total. The number of carbonyl (C=O) groups is 1. The number of hydrogen-bond donors (Lipinski definition) is 3. The summed E-state index contributed by atoms with van der Waals surface area (Å²) in [6.45, 7) is 1.79. The first-order chi connectivity index (χ1) is 9.63. The highest BCUT2D eigenvalue weighted by Gasteiger charge is 2.19. The van der Waals surface area contributed by atoms with E-state index < -0.39 is 0 Å². The Morgan fingerprint density at radius 2 is 2.25 bits per heavy atom. The van der Waals surface area contributed by atoms with E-state index >= 15 is 0 Å². The van der Waals surface area contributed by atoms with Crippen molar-refractivity contribution in [3.63, 3.8) is 0 Å². The molecule has 2 aromatic rings. The highest BCUT2D eigenvalue weighted by atomic mass is 32.1. The van der Waals surface area contributed by atoms with Crippen LogP contribution in [0.1, 0.15) is 51.7 Å². The number of carbonyl (C=O) groups excluding carboxylic acids is 1. The molecule has 1 aliphatic rings. The summed E-state index contributed by atoms with van der Waals surface area (Å²) in [5.74, 6) is 0.324. The van der Waals surface area contributed by atoms with E-state index in [0.717, 1.165) is 17.7 Å². The molecule has 1 aliphatic carbocycles. The second-order valence-corrected chi connectivity index (χ2v) is 6.16. The number of H-pyrrole nitrogens is 2. The van der Waals surface area contributed by atoms with E-state index in [1.807, 2.05) is 6.07 Å². The van der Waals surface area contributed by atoms with Crippen LogP contribution in [-0.2, 0) is 12.8 Å². The third-order valence-corrected chi connectivity index (χ3v) is 4.73. The number of amides is 1. The topological polar surface area (TPSA) is 90.6 Å². The summed E-state index contributed by atoms with van der Waals surface area (Å²) in [6, 6.07) is 1.66. The number of aryl methyl sites for hydroxylation is 2. The fraction of sp³-hybridized carbons (Fsp3) is 0.462. The number of hydrogen-bond acceptors (Lipinski definition) is 4. The van der Waals surface area contributed by atoms with E-state index in [-0.39, 0.29) is 17.6 Å². The van der Waals surface area contributed by atoms with Gasteiger partial charge in [-0.1, -0.05) is 0 Å². The van der Waals surface area contributed by atoms with Gasteiger partial charge in [-0.05, 0) is 44.2 Å². The molecule has 0 fully saturated rings. The van der Waals surface area contributed by atoms with E-state index in [9.17, 15) is 9.59 Å². The van der Waals surface area contributed by atoms with Crippen molar-refractivity contribution in [2.45, 2.75) is 38.6 Å². The minimum Gasteiger partial charge on any atom is -0.342 e. The summed E-state index contributed by atoms with van der Waals surface area (Å²) >= 11 is 1.57. The lowest BCUT2D eigenvalue weighted by atomic mass is 9.99. The largest absolute Gasteiger partial charge is 0.342 e. The molecule has 7 heteroatoms. The number of thiophene rings is 1. The fourth-order valence-electron chi connectivity index (χ4n) is 2.43. The van der Waals surface area contributed by atoms with Crippen LogP contribution in [0, 0.1) is 0 Å². The number of rotatable bonds is 3. The second-order valence-electron chi connectivity index (χ2n) is 5.02. The third-order valence-electron chi connectivity index (χ3n) is 3.50. The molecule has 0 spiro atoms. The molecule has 20 heavy (non-hydrogen) atoms. The molecule has 0 saturated carbocycles. The Hall–Kier alpha value is -1.89. The number of nitrogens with one attached hydrogen (secondary N) is 3. The van der Waals surface area contributed by atoms with Crippen LogP contribution in [0.3, 0.4) is 0 Å². The Morgan fingerprint density at radius 3 is 2.95 bits per heavy atom. The molecule has 3 N–H and O–H groups in total. The molecule has 0 aliphatic heterocycles. The number of nitrogens with zero attached hydrogens (tertiary/aromatic N) is 1. The summed E-state index contributed by atoms with van der Waals surface area (Å²) in [6.07, 6.45) is 4.56. The van der Waals surface area contributed by atoms with Gasteiger partial charge in [-0.15, -0.1) is 11.3 Å². The molecule has 1 amide bonds. The Balaban J connectivity index is 1.72. The van der Waals surface area contributed by atoms with Crippen LogP contribution in [0.4, 0.5) is 0 Å². The first-order valence-electron chi connectivity index (χ1n) is 6.70. The molecular weight excluding hydrogens is 276 g/mol. The van der Waals surface area contributed by atoms with Crippen molar-refractivity contribution >= 4 is 17.2 Å². The zero-order valence-corrected chi connectivity index (χ0v) is 12.0. The van der Waals surface area contributed by atoms with Crippen molar-refractivity contribution in [3.05, 3.63) is 37.7 Å². The Labute approximate surface area is 119 Å². The van der Waals surface area contributed by atoms with Crippen LogP contribution in [0.2, 0.25) is 0 Å². The third kappa shape index (κ3) is 2.53. The van der Waals surface area contributed by atoms with Crippen LogP contribution >= 0.6 is 11.3 Å². The van der Waals surface area contributed by atoms with E-state index in [1.165, 1.54) is 23.3 Å². The van der Waals surface area contributed by atoms with Crippen molar-refractivity contribution in [2.75, 3.05) is 0 Å². The monoisotopic (exact) mass is 292 g/mol. The molecule has 2 aromatic heterocycles. The SMILES string of the molecule is C[C@@H](NC(=O)c1cc2c(s1)CCCC2)c1n[nH]c(=O)[nH]1. The van der Waals surface area contributed by atoms with Gasteiger partial charge in [-0.25, -0.2) is 9.89 Å². The minimum atomic E-state index is -0.368. The Bertz CT molecular complexity index is 661. The lowest BCUT2D eigenvalue weighted by Crippen LogP contribution is -2.27. The van der Waals surface area contributed by atoms with Gasteiger partial charge in [0.1, 0.15) is 0 Å². The molecule has 1 atom stereocenters. The fourth-order valence-corrected chi connectivity index (χ4v) is 3.58. The molecule has 0 saturated heterocycles. The van der Waals surface area contributed by atoms with Gasteiger partial charge in [-0.2, -0.15) is 5.10 Å². The number of aromatic amines is 2. The Kier molecular flexibility index (Phi) is 3.43. The summed E-state index contributed by atoms with van der Waals surface area (Å²) in [7, 11) is 0. The minimum absolute atomic E-state index is 0.110. The average Bonchev–Trinajstić information content (AvgIpc) is 3.04. The summed E-state index contributed by atoms with van der Waals surface area (Å²) in [4.78, 5) is 27.8. The van der Waals surface area contributed by atoms with Crippen molar-refractivity contribution in [1.82, 2.24) is 20.5 Å². The maximum atomic E-state index is 12.2. The van der Waals surface area contributed by atoms with Gasteiger partial charge < -0.3 is 5.32 Å². The Morgan fingerprint density at radius 1 is 1.45 bits per heavy atom. The quantitative estimate of drug-likeness (QED) is 0.801. The lowest BCUT2D eigenvalue weighted by Gasteiger charge is -2.09. The van der Waals surface area contributed by atoms with Gasteiger partial charge in [-0.3, -0.25) is 9.78 Å². The second kappa shape index (κ2) is 5.24. The molecule has 0 radical (unpaired) electrons. The van der Waals surface area contributed by atoms with E-state index in [2.05, 4.69) is 20.5 Å². The van der Waals surface area contributed by atoms with Crippen LogP contribution in [0.15, 0.2) is 10.9 Å². The summed E-state index contributed by atoms with van der Waals surface area (Å²) in [5.41, 5.74) is 0.944. The summed E-state index contributed by atoms with van der Waals surface area (Å²) < 4.78 is 0. The van der Waals surface area contributed by atoms with Gasteiger partial charge in [0.05, 0.1) is 10.9 Å². The van der Waals surface area contributed by atoms with E-state index in [1.54, 1.807) is 18.3 Å². The maximum Gasteiger partial charge on any atom is 0.340 e. The van der Waals surface area contributed by atoms with Crippen molar-refractivity contribution in [1.29, 1.82) is 0 Å². The summed E-state index contributed by atoms with van der Waals surface area (Å²) in [5, 5.41) is 8.97. The molecule has 0 bridgehead atoms. The van der Waals surface area contributed by atoms with Crippen molar-refractivity contribution in [3.8, 4) is 0 Å². The maximum absolute atomic E-state index is 12.2. The van der Waals surface area contributed by atoms with E-state index in [0.29, 0.717) is 5.82 Å². The van der Waals surface area contributed by atoms with Gasteiger partial charge >= 0.3 is 5.69 Å². The zero-order valence-electron chi connectivity index (χ0n) is 11.2. The molecule has 0 unspecified atom stereocenters. The van der Waals surface area contributed by atoms with Crippen LogP contribution in [-0.4, -0.2) is 21.1 Å². The molecule has 3 rings (SSSR count). The smallest absolute Gasteiger partial charge is 0.340 e. The van der Waals surface area contributed by atoms with Crippen LogP contribution < -0.4 is 11.0 Å².